The standard InChI is InChI=1S/C29H50N4O.C27H46N4O.C25H42N4O/c1-27(2,3)19-16-20-21(18-23(31)26(34)32-15-13-11-10-12-14-30)25(29(7,8)9)33-24(20)22(17-19)28(4,5)6;1-25(2,3)17-14-18-19(16-21(29)24(32)30-13-11-10-12-28)23(27(7,8)9)31-22(18)20(15-17)26(4,5)6;1-23(2,3)15-12-16-17(14-19(27)22(30)28-11-10-26)21(25(7,8)9)29-20(16)18(13-15)24(4,5)6/h16-17,23,33H,10-15,18,30-31H2,1-9H3,(H,32,34);14-15,21,31H,10-13,16,28-29H2,1-9H3,(H,30,32);12-13,19,29H,10-11,14,26-27H2,1-9H3,(H,28,30)/t23-;21-;19-/m000/s1. The third-order valence-electron chi connectivity index (χ3n) is 18.4. The molecule has 0 aliphatic carbocycles. The Bertz CT molecular complexity index is 3550. The normalized spacial score (nSPS) is 14.1. The summed E-state index contributed by atoms with van der Waals surface area (Å²) in [5.41, 5.74) is 53.9. The number of benzene rings is 3. The summed E-state index contributed by atoms with van der Waals surface area (Å²) in [6, 6.07) is 12.1. The fraction of sp³-hybridized carbons (Fsp3) is 0.667. The summed E-state index contributed by atoms with van der Waals surface area (Å²) in [6.45, 7) is 63.9. The molecule has 3 amide bonds. The van der Waals surface area contributed by atoms with Gasteiger partial charge in [-0.15, -0.1) is 0 Å². The van der Waals surface area contributed by atoms with Crippen LogP contribution >= 0.6 is 0 Å². The Morgan fingerprint density at radius 1 is 0.323 bits per heavy atom. The molecule has 3 aromatic heterocycles. The number of nitrogens with one attached hydrogen (secondary N) is 6. The molecule has 15 nitrogen and oxygen atoms in total. The SMILES string of the molecule is CC(C)(C)c1cc(C(C)(C)C)c2[nH]c(C(C)(C)C)c(C[C@H](N)C(=O)NCCCCCCN)c2c1.CC(C)(C)c1cc(C(C)(C)C)c2[nH]c(C(C)(C)C)c(C[C@H](N)C(=O)NCCCCN)c2c1.CC(C)(C)c1cc(C(C)(C)C)c2[nH]c(C(C)(C)C)c(C[C@H](N)C(=O)NCCN)c2c1. The first kappa shape index (κ1) is 82.9. The largest absolute Gasteiger partial charge is 0.357 e. The molecule has 0 unspecified atom stereocenters. The third kappa shape index (κ3) is 22.2. The van der Waals surface area contributed by atoms with Crippen LogP contribution in [-0.4, -0.2) is 90.1 Å². The molecule has 3 aromatic carbocycles. The molecule has 540 valence electrons. The van der Waals surface area contributed by atoms with Crippen LogP contribution in [0.15, 0.2) is 36.4 Å². The molecule has 15 heteroatoms. The Balaban J connectivity index is 0.000000307. The predicted molar refractivity (Wildman–Crippen MR) is 412 cm³/mol. The van der Waals surface area contributed by atoms with Gasteiger partial charge in [-0.25, -0.2) is 0 Å². The van der Waals surface area contributed by atoms with Crippen molar-refractivity contribution in [3.05, 3.63) is 104 Å². The number of H-pyrrole nitrogens is 3. The van der Waals surface area contributed by atoms with Crippen molar-refractivity contribution >= 4 is 50.4 Å². The van der Waals surface area contributed by atoms with E-state index >= 15 is 0 Å². The van der Waals surface area contributed by atoms with Crippen LogP contribution in [0.2, 0.25) is 0 Å². The van der Waals surface area contributed by atoms with Gasteiger partial charge in [-0.3, -0.25) is 14.4 Å². The maximum Gasteiger partial charge on any atom is 0.237 e. The van der Waals surface area contributed by atoms with Gasteiger partial charge in [0, 0.05) is 92.2 Å². The minimum absolute atomic E-state index is 0.0137. The number of hydrogen-bond acceptors (Lipinski definition) is 9. The summed E-state index contributed by atoms with van der Waals surface area (Å²) in [7, 11) is 0. The Morgan fingerprint density at radius 3 is 0.792 bits per heavy atom. The summed E-state index contributed by atoms with van der Waals surface area (Å²) in [5, 5.41) is 12.4. The van der Waals surface area contributed by atoms with Crippen molar-refractivity contribution in [1.82, 2.24) is 30.9 Å². The lowest BCUT2D eigenvalue weighted by atomic mass is 9.78. The van der Waals surface area contributed by atoms with Crippen LogP contribution in [0.4, 0.5) is 0 Å². The predicted octanol–water partition coefficient (Wildman–Crippen LogP) is 14.4. The van der Waals surface area contributed by atoms with Gasteiger partial charge in [0.25, 0.3) is 0 Å². The number of aromatic amines is 3. The average molecular weight is 1330 g/mol. The molecule has 0 fully saturated rings. The quantitative estimate of drug-likeness (QED) is 0.0305. The molecule has 6 aromatic rings. The maximum absolute atomic E-state index is 12.8. The van der Waals surface area contributed by atoms with Gasteiger partial charge in [0.05, 0.1) is 18.1 Å². The zero-order chi connectivity index (χ0) is 73.4. The van der Waals surface area contributed by atoms with Crippen molar-refractivity contribution in [2.45, 2.75) is 312 Å². The molecule has 0 saturated carbocycles. The highest BCUT2D eigenvalue weighted by Crippen LogP contribution is 2.44. The van der Waals surface area contributed by atoms with Crippen molar-refractivity contribution in [2.24, 2.45) is 34.4 Å². The Hall–Kier alpha value is -5.55. The summed E-state index contributed by atoms with van der Waals surface area (Å²) in [5.74, 6) is -0.326. The van der Waals surface area contributed by atoms with Crippen molar-refractivity contribution in [2.75, 3.05) is 39.3 Å². The van der Waals surface area contributed by atoms with E-state index in [2.05, 4.69) is 254 Å². The van der Waals surface area contributed by atoms with Gasteiger partial charge >= 0.3 is 0 Å². The second-order valence-electron chi connectivity index (χ2n) is 36.8. The molecule has 6 rings (SSSR count). The lowest BCUT2D eigenvalue weighted by Gasteiger charge is -2.26. The molecule has 18 N–H and O–H groups in total. The highest BCUT2D eigenvalue weighted by Gasteiger charge is 2.35. The molecular weight excluding hydrogens is 1190 g/mol. The highest BCUT2D eigenvalue weighted by molar-refractivity contribution is 5.94. The zero-order valence-electron chi connectivity index (χ0n) is 65.5. The number of fused-ring (bicyclic) bond motifs is 3. The first-order valence-corrected chi connectivity index (χ1v) is 36.0. The van der Waals surface area contributed by atoms with Gasteiger partial charge in [0.15, 0.2) is 0 Å². The van der Waals surface area contributed by atoms with Crippen molar-refractivity contribution in [3.63, 3.8) is 0 Å². The molecule has 3 atom stereocenters. The minimum atomic E-state index is -0.618. The van der Waals surface area contributed by atoms with E-state index in [-0.39, 0.29) is 66.5 Å². The number of unbranched alkanes of at least 4 members (excludes halogenated alkanes) is 4. The Labute approximate surface area is 581 Å². The molecule has 0 aliphatic rings. The number of hydrogen-bond donors (Lipinski definition) is 12. The van der Waals surface area contributed by atoms with Crippen LogP contribution in [0.3, 0.4) is 0 Å². The molecular formula is C81H138N12O3. The van der Waals surface area contributed by atoms with Crippen molar-refractivity contribution < 1.29 is 14.4 Å². The second kappa shape index (κ2) is 32.2. The summed E-state index contributed by atoms with van der Waals surface area (Å²) in [4.78, 5) is 49.3. The molecule has 0 spiro atoms. The number of rotatable bonds is 21. The van der Waals surface area contributed by atoms with Gasteiger partial charge in [-0.05, 0) is 159 Å². The van der Waals surface area contributed by atoms with Crippen molar-refractivity contribution in [3.8, 4) is 0 Å². The van der Waals surface area contributed by atoms with E-state index in [4.69, 9.17) is 34.4 Å². The van der Waals surface area contributed by atoms with Crippen LogP contribution in [0.5, 0.6) is 0 Å². The maximum atomic E-state index is 12.8. The van der Waals surface area contributed by atoms with Gasteiger partial charge in [-0.2, -0.15) is 0 Å². The van der Waals surface area contributed by atoms with Crippen LogP contribution in [0.1, 0.15) is 293 Å². The second-order valence-corrected chi connectivity index (χ2v) is 36.8. The summed E-state index contributed by atoms with van der Waals surface area (Å²) in [6.07, 6.45) is 7.47. The number of nitrogens with two attached hydrogens (primary N) is 6. The van der Waals surface area contributed by atoms with Crippen LogP contribution in [0, 0.1) is 0 Å². The first-order valence-electron chi connectivity index (χ1n) is 36.0. The third-order valence-corrected chi connectivity index (χ3v) is 18.4. The average Bonchev–Trinajstić information content (AvgIpc) is 1.59. The van der Waals surface area contributed by atoms with Gasteiger partial charge < -0.3 is 65.3 Å². The van der Waals surface area contributed by atoms with Crippen LogP contribution in [0.25, 0.3) is 32.7 Å². The zero-order valence-corrected chi connectivity index (χ0v) is 65.5. The number of amides is 3. The van der Waals surface area contributed by atoms with Gasteiger partial charge in [0.2, 0.25) is 17.7 Å². The fourth-order valence-corrected chi connectivity index (χ4v) is 12.5. The Morgan fingerprint density at radius 2 is 0.562 bits per heavy atom. The number of carbonyl (C=O) groups excluding carboxylic acids is 3. The smallest absolute Gasteiger partial charge is 0.237 e. The molecule has 0 bridgehead atoms. The molecule has 3 heterocycles. The number of aromatic nitrogens is 3. The lowest BCUT2D eigenvalue weighted by Crippen LogP contribution is -2.43. The highest BCUT2D eigenvalue weighted by atomic mass is 16.2. The topological polar surface area (TPSA) is 291 Å². The monoisotopic (exact) mass is 1330 g/mol. The van der Waals surface area contributed by atoms with Crippen LogP contribution < -0.4 is 50.4 Å². The summed E-state index contributed by atoms with van der Waals surface area (Å²) >= 11 is 0. The van der Waals surface area contributed by atoms with E-state index in [1.807, 2.05) is 0 Å². The van der Waals surface area contributed by atoms with Crippen LogP contribution in [-0.2, 0) is 82.4 Å². The molecule has 0 aliphatic heterocycles. The van der Waals surface area contributed by atoms with Gasteiger partial charge in [0.1, 0.15) is 0 Å². The van der Waals surface area contributed by atoms with E-state index in [0.29, 0.717) is 52.0 Å². The minimum Gasteiger partial charge on any atom is -0.357 e. The van der Waals surface area contributed by atoms with E-state index < -0.39 is 18.1 Å². The van der Waals surface area contributed by atoms with E-state index in [9.17, 15) is 14.4 Å². The first-order chi connectivity index (χ1) is 43.7. The number of carbonyl (C=O) groups is 3. The molecule has 0 radical (unpaired) electrons. The van der Waals surface area contributed by atoms with E-state index in [0.717, 1.165) is 73.1 Å². The molecule has 0 saturated heterocycles. The van der Waals surface area contributed by atoms with Crippen molar-refractivity contribution in [1.29, 1.82) is 0 Å². The van der Waals surface area contributed by atoms with E-state index in [1.54, 1.807) is 0 Å². The fourth-order valence-electron chi connectivity index (χ4n) is 12.5. The lowest BCUT2D eigenvalue weighted by molar-refractivity contribution is -0.123. The summed E-state index contributed by atoms with van der Waals surface area (Å²) < 4.78 is 0. The molecule has 96 heavy (non-hydrogen) atoms. The Kier molecular flexibility index (Phi) is 27.8. The van der Waals surface area contributed by atoms with E-state index in [1.165, 1.54) is 71.8 Å². The van der Waals surface area contributed by atoms with Gasteiger partial charge in [-0.1, -0.05) is 218 Å².